The lowest BCUT2D eigenvalue weighted by molar-refractivity contribution is -0.131. The molecule has 0 aliphatic heterocycles. The summed E-state index contributed by atoms with van der Waals surface area (Å²) in [6.07, 6.45) is 7.55. The number of hydrogen-bond acceptors (Lipinski definition) is 2. The highest BCUT2D eigenvalue weighted by molar-refractivity contribution is 6.39. The van der Waals surface area contributed by atoms with Crippen LogP contribution >= 0.6 is 0 Å². The summed E-state index contributed by atoms with van der Waals surface area (Å²) in [4.78, 5) is 21.9. The van der Waals surface area contributed by atoms with E-state index in [0.717, 1.165) is 0 Å². The van der Waals surface area contributed by atoms with Crippen molar-refractivity contribution in [3.05, 3.63) is 35.4 Å². The van der Waals surface area contributed by atoms with Crippen molar-refractivity contribution in [3.8, 4) is 0 Å². The van der Waals surface area contributed by atoms with Gasteiger partial charge in [0.2, 0.25) is 0 Å². The monoisotopic (exact) mass is 246 g/mol. The number of benzene rings is 1. The lowest BCUT2D eigenvalue weighted by Gasteiger charge is -2.14. The maximum Gasteiger partial charge on any atom is 0.377 e. The number of aliphatic carboxylic acids is 1. The Morgan fingerprint density at radius 2 is 1.50 bits per heavy atom. The molecular formula is C15H18O3. The summed E-state index contributed by atoms with van der Waals surface area (Å²) >= 11 is 0. The fraction of sp³-hybridized carbons (Fsp3) is 0.467. The van der Waals surface area contributed by atoms with Crippen molar-refractivity contribution < 1.29 is 14.7 Å². The number of Topliss-reactive ketones (excluding diaryl/α,β-unsaturated/α-hetero) is 1. The highest BCUT2D eigenvalue weighted by Gasteiger charge is 2.17. The molecule has 1 aliphatic carbocycles. The average Bonchev–Trinajstić information content (AvgIpc) is 2.67. The maximum atomic E-state index is 11.3. The number of rotatable bonds is 3. The smallest absolute Gasteiger partial charge is 0.377 e. The summed E-state index contributed by atoms with van der Waals surface area (Å²) in [6.45, 7) is 0. The predicted molar refractivity (Wildman–Crippen MR) is 68.9 cm³/mol. The van der Waals surface area contributed by atoms with Crippen molar-refractivity contribution in [2.24, 2.45) is 0 Å². The van der Waals surface area contributed by atoms with E-state index in [-0.39, 0.29) is 5.56 Å². The molecule has 0 amide bonds. The molecule has 1 fully saturated rings. The largest absolute Gasteiger partial charge is 0.475 e. The third-order valence-electron chi connectivity index (χ3n) is 3.69. The van der Waals surface area contributed by atoms with E-state index in [4.69, 9.17) is 5.11 Å². The van der Waals surface area contributed by atoms with Crippen molar-refractivity contribution in [3.63, 3.8) is 0 Å². The minimum absolute atomic E-state index is 0.264. The molecule has 0 bridgehead atoms. The molecule has 1 saturated carbocycles. The van der Waals surface area contributed by atoms with Crippen LogP contribution in [-0.4, -0.2) is 16.9 Å². The highest BCUT2D eigenvalue weighted by atomic mass is 16.4. The second-order valence-corrected chi connectivity index (χ2v) is 4.94. The summed E-state index contributed by atoms with van der Waals surface area (Å²) < 4.78 is 0. The molecule has 3 nitrogen and oxygen atoms in total. The zero-order valence-electron chi connectivity index (χ0n) is 10.4. The predicted octanol–water partition coefficient (Wildman–Crippen LogP) is 3.39. The summed E-state index contributed by atoms with van der Waals surface area (Å²) in [5, 5.41) is 8.64. The normalized spacial score (nSPS) is 17.1. The van der Waals surface area contributed by atoms with Gasteiger partial charge in [-0.15, -0.1) is 0 Å². The van der Waals surface area contributed by atoms with E-state index in [1.54, 1.807) is 12.1 Å². The minimum atomic E-state index is -1.39. The van der Waals surface area contributed by atoms with Crippen LogP contribution in [0.5, 0.6) is 0 Å². The third-order valence-corrected chi connectivity index (χ3v) is 3.69. The van der Waals surface area contributed by atoms with Gasteiger partial charge in [0.1, 0.15) is 0 Å². The van der Waals surface area contributed by atoms with Crippen molar-refractivity contribution in [2.45, 2.75) is 44.4 Å². The molecule has 1 aromatic rings. The van der Waals surface area contributed by atoms with Crippen molar-refractivity contribution >= 4 is 11.8 Å². The first-order valence-electron chi connectivity index (χ1n) is 6.56. The number of carbonyl (C=O) groups is 2. The molecule has 0 spiro atoms. The topological polar surface area (TPSA) is 54.4 Å². The molecule has 1 N–H and O–H groups in total. The SMILES string of the molecule is O=C(O)C(=O)c1ccc(C2CCCCCC2)cc1. The van der Waals surface area contributed by atoms with Gasteiger partial charge in [0, 0.05) is 5.56 Å². The van der Waals surface area contributed by atoms with Gasteiger partial charge in [-0.1, -0.05) is 49.9 Å². The third kappa shape index (κ3) is 2.97. The van der Waals surface area contributed by atoms with E-state index in [1.165, 1.54) is 44.1 Å². The first-order chi connectivity index (χ1) is 8.68. The Balaban J connectivity index is 2.11. The fourth-order valence-corrected chi connectivity index (χ4v) is 2.64. The molecule has 96 valence electrons. The molecule has 0 atom stereocenters. The molecule has 2 rings (SSSR count). The van der Waals surface area contributed by atoms with Crippen LogP contribution in [0.4, 0.5) is 0 Å². The van der Waals surface area contributed by atoms with E-state index in [1.807, 2.05) is 12.1 Å². The van der Waals surface area contributed by atoms with Gasteiger partial charge < -0.3 is 5.11 Å². The Morgan fingerprint density at radius 1 is 0.944 bits per heavy atom. The molecule has 18 heavy (non-hydrogen) atoms. The van der Waals surface area contributed by atoms with Crippen LogP contribution in [0.3, 0.4) is 0 Å². The quantitative estimate of drug-likeness (QED) is 0.505. The van der Waals surface area contributed by atoms with Crippen LogP contribution < -0.4 is 0 Å². The Kier molecular flexibility index (Phi) is 4.13. The first kappa shape index (κ1) is 12.8. The van der Waals surface area contributed by atoms with Gasteiger partial charge >= 0.3 is 5.97 Å². The zero-order chi connectivity index (χ0) is 13.0. The number of hydrogen-bond donors (Lipinski definition) is 1. The van der Waals surface area contributed by atoms with Crippen molar-refractivity contribution in [1.82, 2.24) is 0 Å². The Hall–Kier alpha value is -1.64. The molecule has 0 unspecified atom stereocenters. The lowest BCUT2D eigenvalue weighted by Crippen LogP contribution is -2.12. The molecule has 3 heteroatoms. The second kappa shape index (κ2) is 5.80. The van der Waals surface area contributed by atoms with E-state index >= 15 is 0 Å². The van der Waals surface area contributed by atoms with Crippen LogP contribution in [-0.2, 0) is 4.79 Å². The number of carboxylic acid groups (broad SMARTS) is 1. The summed E-state index contributed by atoms with van der Waals surface area (Å²) in [5.74, 6) is -1.65. The average molecular weight is 246 g/mol. The van der Waals surface area contributed by atoms with Crippen molar-refractivity contribution in [2.75, 3.05) is 0 Å². The fourth-order valence-electron chi connectivity index (χ4n) is 2.64. The standard InChI is InChI=1S/C15H18O3/c16-14(15(17)18)13-9-7-12(8-10-13)11-5-3-1-2-4-6-11/h7-11H,1-6H2,(H,17,18). The van der Waals surface area contributed by atoms with Crippen LogP contribution in [0.25, 0.3) is 0 Å². The highest BCUT2D eigenvalue weighted by Crippen LogP contribution is 2.31. The van der Waals surface area contributed by atoms with Gasteiger partial charge in [0.15, 0.2) is 0 Å². The summed E-state index contributed by atoms with van der Waals surface area (Å²) in [6, 6.07) is 7.09. The molecule has 0 aromatic heterocycles. The van der Waals surface area contributed by atoms with Crippen LogP contribution in [0.1, 0.15) is 60.4 Å². The second-order valence-electron chi connectivity index (χ2n) is 4.94. The van der Waals surface area contributed by atoms with Crippen LogP contribution in [0.2, 0.25) is 0 Å². The van der Waals surface area contributed by atoms with Crippen LogP contribution in [0.15, 0.2) is 24.3 Å². The summed E-state index contributed by atoms with van der Waals surface area (Å²) in [5.41, 5.74) is 1.50. The van der Waals surface area contributed by atoms with Gasteiger partial charge in [-0.3, -0.25) is 4.79 Å². The van der Waals surface area contributed by atoms with Crippen molar-refractivity contribution in [1.29, 1.82) is 0 Å². The number of carbonyl (C=O) groups excluding carboxylic acids is 1. The maximum absolute atomic E-state index is 11.3. The Bertz CT molecular complexity index is 426. The Morgan fingerprint density at radius 3 is 2.00 bits per heavy atom. The molecular weight excluding hydrogens is 228 g/mol. The summed E-state index contributed by atoms with van der Waals surface area (Å²) in [7, 11) is 0. The van der Waals surface area contributed by atoms with Gasteiger partial charge in [0.05, 0.1) is 0 Å². The van der Waals surface area contributed by atoms with E-state index in [9.17, 15) is 9.59 Å². The molecule has 1 aliphatic rings. The van der Waals surface area contributed by atoms with Gasteiger partial charge in [-0.25, -0.2) is 4.79 Å². The van der Waals surface area contributed by atoms with Gasteiger partial charge in [0.25, 0.3) is 5.78 Å². The van der Waals surface area contributed by atoms with Gasteiger partial charge in [-0.05, 0) is 24.3 Å². The molecule has 0 saturated heterocycles. The Labute approximate surface area is 107 Å². The number of carboxylic acids is 1. The molecule has 0 radical (unpaired) electrons. The lowest BCUT2D eigenvalue weighted by atomic mass is 9.91. The zero-order valence-corrected chi connectivity index (χ0v) is 10.4. The molecule has 1 aromatic carbocycles. The van der Waals surface area contributed by atoms with E-state index in [0.29, 0.717) is 5.92 Å². The van der Waals surface area contributed by atoms with E-state index in [2.05, 4.69) is 0 Å². The molecule has 0 heterocycles. The van der Waals surface area contributed by atoms with E-state index < -0.39 is 11.8 Å². The minimum Gasteiger partial charge on any atom is -0.475 e. The van der Waals surface area contributed by atoms with Gasteiger partial charge in [-0.2, -0.15) is 0 Å². The number of ketones is 1. The van der Waals surface area contributed by atoms with Crippen LogP contribution in [0, 0.1) is 0 Å². The first-order valence-corrected chi connectivity index (χ1v) is 6.56.